The predicted octanol–water partition coefficient (Wildman–Crippen LogP) is 5.72. The van der Waals surface area contributed by atoms with Crippen LogP contribution in [0.1, 0.15) is 54.7 Å². The highest BCUT2D eigenvalue weighted by Crippen LogP contribution is 2.68. The average molecular weight is 531 g/mol. The molecule has 3 heterocycles. The summed E-state index contributed by atoms with van der Waals surface area (Å²) >= 11 is 3.05. The number of thiazole rings is 1. The number of thioether (sulfide) groups is 1. The number of imide groups is 1. The van der Waals surface area contributed by atoms with Crippen molar-refractivity contribution in [3.05, 3.63) is 79.8 Å². The zero-order chi connectivity index (χ0) is 25.8. The van der Waals surface area contributed by atoms with E-state index in [1.165, 1.54) is 27.4 Å². The number of amides is 2. The summed E-state index contributed by atoms with van der Waals surface area (Å²) in [7, 11) is 0. The van der Waals surface area contributed by atoms with E-state index < -0.39 is 0 Å². The molecule has 190 valence electrons. The highest BCUT2D eigenvalue weighted by atomic mass is 32.2. The van der Waals surface area contributed by atoms with Gasteiger partial charge in [0.05, 0.1) is 22.5 Å². The number of aromatic amines is 1. The van der Waals surface area contributed by atoms with Crippen LogP contribution in [0.4, 0.5) is 5.69 Å². The van der Waals surface area contributed by atoms with E-state index in [4.69, 9.17) is 0 Å². The van der Waals surface area contributed by atoms with Crippen LogP contribution in [-0.2, 0) is 15.0 Å². The van der Waals surface area contributed by atoms with Crippen LogP contribution >= 0.6 is 23.1 Å². The second-order valence-electron chi connectivity index (χ2n) is 12.2. The number of rotatable bonds is 2. The summed E-state index contributed by atoms with van der Waals surface area (Å²) in [5.74, 6) is -0.0397. The predicted molar refractivity (Wildman–Crippen MR) is 147 cm³/mol. The van der Waals surface area contributed by atoms with Gasteiger partial charge in [-0.15, -0.1) is 11.8 Å². The van der Waals surface area contributed by atoms with Gasteiger partial charge in [0.15, 0.2) is 0 Å². The van der Waals surface area contributed by atoms with Crippen molar-refractivity contribution in [2.45, 2.75) is 55.7 Å². The van der Waals surface area contributed by atoms with E-state index in [0.29, 0.717) is 5.69 Å². The highest BCUT2D eigenvalue weighted by Gasteiger charge is 2.69. The molecule has 2 bridgehead atoms. The maximum Gasteiger partial charge on any atom is 0.305 e. The third kappa shape index (κ3) is 3.32. The zero-order valence-corrected chi connectivity index (χ0v) is 23.0. The molecule has 1 aromatic heterocycles. The quantitative estimate of drug-likeness (QED) is 0.430. The summed E-state index contributed by atoms with van der Waals surface area (Å²) in [6.45, 7) is 8.64. The monoisotopic (exact) mass is 530 g/mol. The first-order chi connectivity index (χ1) is 17.6. The van der Waals surface area contributed by atoms with Gasteiger partial charge < -0.3 is 4.98 Å². The van der Waals surface area contributed by atoms with Gasteiger partial charge in [0, 0.05) is 16.0 Å². The van der Waals surface area contributed by atoms with Crippen molar-refractivity contribution in [3.8, 4) is 0 Å². The van der Waals surface area contributed by atoms with Crippen LogP contribution in [0.3, 0.4) is 0 Å². The molecule has 3 fully saturated rings. The van der Waals surface area contributed by atoms with E-state index in [-0.39, 0.29) is 62.9 Å². The second kappa shape index (κ2) is 7.93. The Morgan fingerprint density at radius 2 is 1.54 bits per heavy atom. The number of nitrogens with one attached hydrogen (secondary N) is 1. The van der Waals surface area contributed by atoms with Crippen molar-refractivity contribution in [1.29, 1.82) is 0 Å². The fraction of sp³-hybridized carbons (Fsp3) is 0.433. The third-order valence-corrected chi connectivity index (χ3v) is 11.7. The Kier molecular flexibility index (Phi) is 5.03. The van der Waals surface area contributed by atoms with E-state index in [0.717, 1.165) is 21.9 Å². The molecule has 2 aliphatic carbocycles. The Morgan fingerprint density at radius 3 is 2.19 bits per heavy atom. The first kappa shape index (κ1) is 23.5. The zero-order valence-electron chi connectivity index (χ0n) is 21.4. The first-order valence-corrected chi connectivity index (χ1v) is 14.8. The largest absolute Gasteiger partial charge is 0.307 e. The van der Waals surface area contributed by atoms with Crippen LogP contribution in [0.25, 0.3) is 0 Å². The number of H-pyrrole nitrogens is 1. The van der Waals surface area contributed by atoms with Crippen molar-refractivity contribution in [2.24, 2.45) is 29.6 Å². The summed E-state index contributed by atoms with van der Waals surface area (Å²) in [5.41, 5.74) is 4.33. The van der Waals surface area contributed by atoms with Crippen LogP contribution in [0, 0.1) is 36.5 Å². The van der Waals surface area contributed by atoms with Crippen molar-refractivity contribution in [3.63, 3.8) is 0 Å². The molecule has 2 amide bonds. The maximum atomic E-state index is 13.8. The maximum absolute atomic E-state index is 13.8. The molecule has 1 N–H and O–H groups in total. The van der Waals surface area contributed by atoms with E-state index >= 15 is 0 Å². The molecule has 1 saturated heterocycles. The molecular formula is C30H30N2O3S2. The molecule has 0 spiro atoms. The molecule has 7 rings (SSSR count). The number of hydrogen-bond acceptors (Lipinski definition) is 5. The van der Waals surface area contributed by atoms with E-state index in [1.54, 1.807) is 11.8 Å². The normalized spacial score (nSPS) is 32.0. The lowest BCUT2D eigenvalue weighted by atomic mass is 9.68. The van der Waals surface area contributed by atoms with Gasteiger partial charge in [-0.1, -0.05) is 74.1 Å². The number of benzene rings is 2. The van der Waals surface area contributed by atoms with E-state index in [2.05, 4.69) is 50.0 Å². The minimum absolute atomic E-state index is 0.0287. The molecule has 2 aromatic carbocycles. The summed E-state index contributed by atoms with van der Waals surface area (Å²) in [6.07, 6.45) is 0.909. The molecule has 3 aromatic rings. The van der Waals surface area contributed by atoms with Crippen LogP contribution in [0.15, 0.2) is 58.4 Å². The van der Waals surface area contributed by atoms with Gasteiger partial charge in [-0.2, -0.15) is 0 Å². The Hall–Kier alpha value is -2.64. The van der Waals surface area contributed by atoms with Crippen LogP contribution in [0.2, 0.25) is 0 Å². The Balaban J connectivity index is 1.30. The number of aromatic nitrogens is 1. The molecule has 2 aliphatic heterocycles. The van der Waals surface area contributed by atoms with Gasteiger partial charge in [0.2, 0.25) is 11.8 Å². The van der Waals surface area contributed by atoms with Gasteiger partial charge in [-0.05, 0) is 59.8 Å². The van der Waals surface area contributed by atoms with Crippen LogP contribution < -0.4 is 9.77 Å². The molecule has 5 nitrogen and oxygen atoms in total. The number of carbonyl (C=O) groups excluding carboxylic acids is 2. The Bertz CT molecular complexity index is 1480. The van der Waals surface area contributed by atoms with Crippen molar-refractivity contribution < 1.29 is 9.59 Å². The molecule has 2 saturated carbocycles. The lowest BCUT2D eigenvalue weighted by molar-refractivity contribution is -0.123. The summed E-state index contributed by atoms with van der Waals surface area (Å²) in [4.78, 5) is 45.6. The lowest BCUT2D eigenvalue weighted by Gasteiger charge is -2.43. The molecule has 7 heteroatoms. The highest BCUT2D eigenvalue weighted by molar-refractivity contribution is 8.00. The smallest absolute Gasteiger partial charge is 0.305 e. The third-order valence-electron chi connectivity index (χ3n) is 9.15. The van der Waals surface area contributed by atoms with Gasteiger partial charge >= 0.3 is 4.87 Å². The van der Waals surface area contributed by atoms with Gasteiger partial charge in [0.1, 0.15) is 0 Å². The van der Waals surface area contributed by atoms with Gasteiger partial charge in [-0.3, -0.25) is 19.3 Å². The fourth-order valence-corrected chi connectivity index (χ4v) is 10.4. The van der Waals surface area contributed by atoms with Crippen molar-refractivity contribution >= 4 is 40.6 Å². The van der Waals surface area contributed by atoms with Gasteiger partial charge in [-0.25, -0.2) is 0 Å². The molecule has 4 aliphatic rings. The van der Waals surface area contributed by atoms with Crippen molar-refractivity contribution in [2.75, 3.05) is 4.90 Å². The second-order valence-corrected chi connectivity index (χ2v) is 14.4. The van der Waals surface area contributed by atoms with Gasteiger partial charge in [0.25, 0.3) is 0 Å². The lowest BCUT2D eigenvalue weighted by Crippen LogP contribution is -2.42. The SMILES string of the molecule is Cc1ccc(N2C(=O)[C@@H]3[C@H]4C[C@@H]([C@@H]3C2=O)[C@@H]2[C@@H](c3ccc(C(C)(C)C)cc3)c3sc(=O)[nH]c3S[C@@H]42)cc1. The number of carbonyl (C=O) groups is 2. The first-order valence-electron chi connectivity index (χ1n) is 13.1. The van der Waals surface area contributed by atoms with E-state index in [1.807, 2.05) is 31.2 Å². The molecule has 37 heavy (non-hydrogen) atoms. The number of anilines is 1. The standard InChI is InChI=1S/C30H30N2O3S2/c1-14-5-11-17(12-6-14)32-27(33)22-18-13-19(23(22)28(32)34)24-21(18)20(25-26(36-24)31-29(35)37-25)15-7-9-16(10-8-15)30(2,3)4/h5-12,18-24H,13H2,1-4H3,(H,31,35)/t18-,19-,20-,21-,22+,23-,24+/m1/s1. The number of nitrogens with zero attached hydrogens (tertiary/aromatic N) is 1. The number of fused-ring (bicyclic) bond motifs is 9. The molecule has 0 radical (unpaired) electrons. The molecular weight excluding hydrogens is 500 g/mol. The minimum Gasteiger partial charge on any atom is -0.307 e. The number of hydrogen-bond donors (Lipinski definition) is 1. The van der Waals surface area contributed by atoms with Crippen LogP contribution in [0.5, 0.6) is 0 Å². The summed E-state index contributed by atoms with van der Waals surface area (Å²) in [5, 5.41) is 1.17. The topological polar surface area (TPSA) is 70.2 Å². The van der Waals surface area contributed by atoms with E-state index in [9.17, 15) is 14.4 Å². The molecule has 0 unspecified atom stereocenters. The Morgan fingerprint density at radius 1 is 0.892 bits per heavy atom. The van der Waals surface area contributed by atoms with Crippen LogP contribution in [-0.4, -0.2) is 22.0 Å². The average Bonchev–Trinajstić information content (AvgIpc) is 3.58. The number of aryl methyl sites for hydroxylation is 1. The molecule has 7 atom stereocenters. The Labute approximate surface area is 224 Å². The summed E-state index contributed by atoms with van der Waals surface area (Å²) < 4.78 is 0. The fourth-order valence-electron chi connectivity index (χ4n) is 7.53. The summed E-state index contributed by atoms with van der Waals surface area (Å²) in [6, 6.07) is 16.5. The van der Waals surface area contributed by atoms with Crippen molar-refractivity contribution in [1.82, 2.24) is 4.98 Å². The minimum atomic E-state index is -0.269.